The summed E-state index contributed by atoms with van der Waals surface area (Å²) in [5.41, 5.74) is 14.3. The summed E-state index contributed by atoms with van der Waals surface area (Å²) in [4.78, 5) is 3.68. The second-order valence-corrected chi connectivity index (χ2v) is 13.5. The highest BCUT2D eigenvalue weighted by molar-refractivity contribution is 6.13. The smallest absolute Gasteiger partial charge is 0.0547 e. The molecule has 0 saturated carbocycles. The van der Waals surface area contributed by atoms with Gasteiger partial charge in [0, 0.05) is 54.8 Å². The Labute approximate surface area is 294 Å². The monoisotopic (exact) mass is 649 g/mol. The normalized spacial score (nSPS) is 11.9. The first kappa shape index (κ1) is 28.0. The molecule has 0 radical (unpaired) electrons. The van der Waals surface area contributed by atoms with Crippen LogP contribution in [0.25, 0.3) is 99.0 Å². The van der Waals surface area contributed by atoms with Gasteiger partial charge in [-0.1, -0.05) is 121 Å². The lowest BCUT2D eigenvalue weighted by Gasteiger charge is -2.11. The maximum atomic E-state index is 3.68. The molecule has 0 spiro atoms. The van der Waals surface area contributed by atoms with Crippen LogP contribution in [0, 0.1) is 0 Å². The van der Waals surface area contributed by atoms with Gasteiger partial charge >= 0.3 is 0 Å². The zero-order chi connectivity index (χ0) is 33.5. The van der Waals surface area contributed by atoms with Gasteiger partial charge in [0.2, 0.25) is 0 Å². The third kappa shape index (κ3) is 4.19. The van der Waals surface area contributed by atoms with Crippen LogP contribution in [0.3, 0.4) is 0 Å². The SMILES string of the molecule is c1ccc(-n2c3ccccc3c3ccc(-c4ccc5c(c4)c4ccccc4n5-c4ccc(-c5cccc6c5[nH]c5ccccc56)cc4)cc32)cc1. The van der Waals surface area contributed by atoms with Crippen molar-refractivity contribution in [1.29, 1.82) is 0 Å². The third-order valence-corrected chi connectivity index (χ3v) is 10.7. The Kier molecular flexibility index (Phi) is 5.96. The van der Waals surface area contributed by atoms with Crippen molar-refractivity contribution < 1.29 is 0 Å². The molecule has 11 aromatic rings. The predicted molar refractivity (Wildman–Crippen MR) is 215 cm³/mol. The highest BCUT2D eigenvalue weighted by atomic mass is 15.0. The van der Waals surface area contributed by atoms with Crippen molar-refractivity contribution in [2.75, 3.05) is 0 Å². The largest absolute Gasteiger partial charge is 0.354 e. The Morgan fingerprint density at radius 2 is 0.863 bits per heavy atom. The molecule has 3 aromatic heterocycles. The minimum Gasteiger partial charge on any atom is -0.354 e. The summed E-state index contributed by atoms with van der Waals surface area (Å²) in [5, 5.41) is 7.55. The third-order valence-electron chi connectivity index (χ3n) is 10.7. The van der Waals surface area contributed by atoms with Crippen molar-refractivity contribution in [3.63, 3.8) is 0 Å². The molecule has 0 aliphatic heterocycles. The van der Waals surface area contributed by atoms with Gasteiger partial charge in [0.05, 0.1) is 27.6 Å². The molecule has 11 rings (SSSR count). The lowest BCUT2D eigenvalue weighted by atomic mass is 10.0. The van der Waals surface area contributed by atoms with E-state index in [2.05, 4.69) is 196 Å². The number of aromatic nitrogens is 3. The van der Waals surface area contributed by atoms with E-state index in [4.69, 9.17) is 0 Å². The van der Waals surface area contributed by atoms with Gasteiger partial charge in [-0.2, -0.15) is 0 Å². The molecule has 238 valence electrons. The van der Waals surface area contributed by atoms with E-state index in [0.29, 0.717) is 0 Å². The minimum absolute atomic E-state index is 1.15. The number of benzene rings is 8. The minimum atomic E-state index is 1.15. The fourth-order valence-corrected chi connectivity index (χ4v) is 8.34. The fourth-order valence-electron chi connectivity index (χ4n) is 8.34. The van der Waals surface area contributed by atoms with E-state index in [1.165, 1.54) is 93.4 Å². The van der Waals surface area contributed by atoms with E-state index >= 15 is 0 Å². The maximum absolute atomic E-state index is 3.68. The van der Waals surface area contributed by atoms with Crippen molar-refractivity contribution in [1.82, 2.24) is 14.1 Å². The lowest BCUT2D eigenvalue weighted by molar-refractivity contribution is 1.18. The van der Waals surface area contributed by atoms with Crippen LogP contribution < -0.4 is 0 Å². The predicted octanol–water partition coefficient (Wildman–Crippen LogP) is 12.8. The van der Waals surface area contributed by atoms with Gasteiger partial charge in [-0.05, 0) is 77.4 Å². The Hall–Kier alpha value is -6.84. The van der Waals surface area contributed by atoms with Gasteiger partial charge in [-0.25, -0.2) is 0 Å². The van der Waals surface area contributed by atoms with Crippen molar-refractivity contribution in [3.05, 3.63) is 182 Å². The van der Waals surface area contributed by atoms with Gasteiger partial charge < -0.3 is 14.1 Å². The topological polar surface area (TPSA) is 25.6 Å². The molecule has 8 aromatic carbocycles. The van der Waals surface area contributed by atoms with E-state index in [1.807, 2.05) is 0 Å². The molecule has 0 fully saturated rings. The highest BCUT2D eigenvalue weighted by Gasteiger charge is 2.17. The summed E-state index contributed by atoms with van der Waals surface area (Å²) in [6, 6.07) is 66.2. The van der Waals surface area contributed by atoms with Crippen LogP contribution in [-0.2, 0) is 0 Å². The Morgan fingerprint density at radius 1 is 0.314 bits per heavy atom. The van der Waals surface area contributed by atoms with E-state index in [-0.39, 0.29) is 0 Å². The summed E-state index contributed by atoms with van der Waals surface area (Å²) in [7, 11) is 0. The molecule has 0 unspecified atom stereocenters. The summed E-state index contributed by atoms with van der Waals surface area (Å²) < 4.78 is 4.79. The second kappa shape index (κ2) is 10.8. The molecule has 51 heavy (non-hydrogen) atoms. The Morgan fingerprint density at radius 3 is 1.67 bits per heavy atom. The molecule has 3 nitrogen and oxygen atoms in total. The molecule has 3 heteroatoms. The molecule has 1 N–H and O–H groups in total. The lowest BCUT2D eigenvalue weighted by Crippen LogP contribution is -1.94. The van der Waals surface area contributed by atoms with Crippen molar-refractivity contribution in [3.8, 4) is 33.6 Å². The van der Waals surface area contributed by atoms with Crippen LogP contribution in [0.15, 0.2) is 182 Å². The summed E-state index contributed by atoms with van der Waals surface area (Å²) >= 11 is 0. The zero-order valence-corrected chi connectivity index (χ0v) is 27.7. The number of para-hydroxylation sites is 5. The quantitative estimate of drug-likeness (QED) is 0.196. The van der Waals surface area contributed by atoms with Crippen LogP contribution in [0.5, 0.6) is 0 Å². The summed E-state index contributed by atoms with van der Waals surface area (Å²) in [6.07, 6.45) is 0. The Balaban J connectivity index is 1.05. The molecular weight excluding hydrogens is 619 g/mol. The number of hydrogen-bond acceptors (Lipinski definition) is 0. The van der Waals surface area contributed by atoms with Crippen LogP contribution in [0.4, 0.5) is 0 Å². The number of nitrogens with zero attached hydrogens (tertiary/aromatic N) is 2. The van der Waals surface area contributed by atoms with E-state index in [1.54, 1.807) is 0 Å². The molecule has 0 amide bonds. The van der Waals surface area contributed by atoms with E-state index in [0.717, 1.165) is 5.69 Å². The molecule has 0 aliphatic carbocycles. The van der Waals surface area contributed by atoms with Gasteiger partial charge in [-0.3, -0.25) is 0 Å². The van der Waals surface area contributed by atoms with Crippen molar-refractivity contribution in [2.45, 2.75) is 0 Å². The maximum Gasteiger partial charge on any atom is 0.0547 e. The van der Waals surface area contributed by atoms with Crippen molar-refractivity contribution in [2.24, 2.45) is 0 Å². The molecule has 0 atom stereocenters. The summed E-state index contributed by atoms with van der Waals surface area (Å²) in [5.74, 6) is 0. The second-order valence-electron chi connectivity index (χ2n) is 13.5. The van der Waals surface area contributed by atoms with E-state index in [9.17, 15) is 0 Å². The molecule has 0 bridgehead atoms. The van der Waals surface area contributed by atoms with Gasteiger partial charge in [0.1, 0.15) is 0 Å². The number of hydrogen-bond donors (Lipinski definition) is 1. The molecule has 0 saturated heterocycles. The van der Waals surface area contributed by atoms with E-state index < -0.39 is 0 Å². The number of fused-ring (bicyclic) bond motifs is 9. The fraction of sp³-hybridized carbons (Fsp3) is 0. The first-order valence-electron chi connectivity index (χ1n) is 17.5. The molecular formula is C48H31N3. The van der Waals surface area contributed by atoms with Crippen LogP contribution >= 0.6 is 0 Å². The first-order chi connectivity index (χ1) is 25.3. The standard InChI is InChI=1S/C48H31N3/c1-2-11-34(12-3-1)51-44-19-8-5-14-38(44)40-27-23-33(30-47(40)51)32-24-28-46-42(29-32)39-15-6-9-20-45(39)50(46)35-25-21-31(22-26-35)36-16-10-17-41-37-13-4-7-18-43(37)49-48(36)41/h1-30,49H. The van der Waals surface area contributed by atoms with Crippen LogP contribution in [0.2, 0.25) is 0 Å². The van der Waals surface area contributed by atoms with Gasteiger partial charge in [0.15, 0.2) is 0 Å². The first-order valence-corrected chi connectivity index (χ1v) is 17.5. The average molecular weight is 650 g/mol. The number of nitrogens with one attached hydrogen (secondary N) is 1. The summed E-state index contributed by atoms with van der Waals surface area (Å²) in [6.45, 7) is 0. The number of aromatic amines is 1. The highest BCUT2D eigenvalue weighted by Crippen LogP contribution is 2.39. The van der Waals surface area contributed by atoms with Gasteiger partial charge in [-0.15, -0.1) is 0 Å². The van der Waals surface area contributed by atoms with Gasteiger partial charge in [0.25, 0.3) is 0 Å². The van der Waals surface area contributed by atoms with Crippen molar-refractivity contribution >= 4 is 65.4 Å². The average Bonchev–Trinajstić information content (AvgIpc) is 3.85. The Bertz CT molecular complexity index is 3120. The zero-order valence-electron chi connectivity index (χ0n) is 27.7. The number of H-pyrrole nitrogens is 1. The molecule has 3 heterocycles. The van der Waals surface area contributed by atoms with Crippen LogP contribution in [0.1, 0.15) is 0 Å². The number of rotatable bonds is 4. The molecule has 0 aliphatic rings. The van der Waals surface area contributed by atoms with Crippen LogP contribution in [-0.4, -0.2) is 14.1 Å².